The predicted molar refractivity (Wildman–Crippen MR) is 113 cm³/mol. The predicted octanol–water partition coefficient (Wildman–Crippen LogP) is 2.77. The summed E-state index contributed by atoms with van der Waals surface area (Å²) in [6.45, 7) is 11.4. The number of nitrogens with zero attached hydrogens (tertiary/aromatic N) is 3. The van der Waals surface area contributed by atoms with E-state index in [2.05, 4.69) is 36.5 Å². The van der Waals surface area contributed by atoms with Crippen LogP contribution in [0.4, 0.5) is 0 Å². The van der Waals surface area contributed by atoms with Crippen molar-refractivity contribution in [3.05, 3.63) is 41.1 Å². The Kier molecular flexibility index (Phi) is 9.07. The van der Waals surface area contributed by atoms with Crippen LogP contribution in [0.3, 0.4) is 0 Å². The van der Waals surface area contributed by atoms with E-state index in [-0.39, 0.29) is 6.04 Å². The molecule has 0 spiro atoms. The van der Waals surface area contributed by atoms with Gasteiger partial charge in [-0.2, -0.15) is 5.10 Å². The molecular weight excluding hydrogens is 354 g/mol. The van der Waals surface area contributed by atoms with Gasteiger partial charge in [0.1, 0.15) is 5.76 Å². The minimum atomic E-state index is 0.239. The Morgan fingerprint density at radius 2 is 2.21 bits per heavy atom. The molecule has 2 aromatic heterocycles. The van der Waals surface area contributed by atoms with Crippen LogP contribution in [0.15, 0.2) is 27.8 Å². The molecule has 156 valence electrons. The third-order valence-corrected chi connectivity index (χ3v) is 4.72. The average molecular weight is 390 g/mol. The maximum absolute atomic E-state index is 5.40. The van der Waals surface area contributed by atoms with E-state index in [0.29, 0.717) is 0 Å². The van der Waals surface area contributed by atoms with Crippen LogP contribution in [0.1, 0.15) is 43.0 Å². The van der Waals surface area contributed by atoms with Crippen molar-refractivity contribution in [2.75, 3.05) is 26.3 Å². The molecule has 0 fully saturated rings. The zero-order chi connectivity index (χ0) is 20.4. The van der Waals surface area contributed by atoms with E-state index in [4.69, 9.17) is 14.1 Å². The normalized spacial score (nSPS) is 13.0. The van der Waals surface area contributed by atoms with E-state index in [0.717, 1.165) is 63.0 Å². The van der Waals surface area contributed by atoms with Crippen molar-refractivity contribution >= 4 is 5.96 Å². The lowest BCUT2D eigenvalue weighted by Crippen LogP contribution is -2.44. The van der Waals surface area contributed by atoms with Gasteiger partial charge in [-0.1, -0.05) is 0 Å². The number of rotatable bonds is 11. The molecule has 2 N–H and O–H groups in total. The van der Waals surface area contributed by atoms with Crippen LogP contribution in [0.2, 0.25) is 0 Å². The molecule has 0 aliphatic heterocycles. The Labute approximate surface area is 168 Å². The minimum Gasteiger partial charge on any atom is -0.469 e. The molecule has 0 aromatic carbocycles. The molecule has 1 unspecified atom stereocenters. The second-order valence-corrected chi connectivity index (χ2v) is 7.06. The van der Waals surface area contributed by atoms with Gasteiger partial charge in [-0.15, -0.1) is 0 Å². The van der Waals surface area contributed by atoms with Crippen LogP contribution >= 0.6 is 0 Å². The maximum Gasteiger partial charge on any atom is 0.191 e. The van der Waals surface area contributed by atoms with Crippen LogP contribution in [-0.2, 0) is 24.6 Å². The molecule has 28 heavy (non-hydrogen) atoms. The Morgan fingerprint density at radius 3 is 2.86 bits per heavy atom. The number of aliphatic imine (C=N–C) groups is 1. The first kappa shape index (κ1) is 22.0. The zero-order valence-electron chi connectivity index (χ0n) is 17.9. The van der Waals surface area contributed by atoms with Crippen LogP contribution in [0.25, 0.3) is 0 Å². The number of aromatic nitrogens is 2. The summed E-state index contributed by atoms with van der Waals surface area (Å²) in [7, 11) is 1.99. The summed E-state index contributed by atoms with van der Waals surface area (Å²) >= 11 is 0. The van der Waals surface area contributed by atoms with E-state index in [9.17, 15) is 0 Å². The van der Waals surface area contributed by atoms with Gasteiger partial charge in [0.2, 0.25) is 0 Å². The Morgan fingerprint density at radius 1 is 1.39 bits per heavy atom. The Bertz CT molecular complexity index is 721. The number of nitrogens with one attached hydrogen (secondary N) is 2. The van der Waals surface area contributed by atoms with Crippen LogP contribution in [-0.4, -0.2) is 48.1 Å². The van der Waals surface area contributed by atoms with Gasteiger partial charge in [-0.05, 0) is 58.2 Å². The van der Waals surface area contributed by atoms with Crippen molar-refractivity contribution < 1.29 is 9.15 Å². The molecule has 0 aliphatic rings. The van der Waals surface area contributed by atoms with Crippen molar-refractivity contribution in [2.45, 2.75) is 53.0 Å². The van der Waals surface area contributed by atoms with Gasteiger partial charge in [-0.25, -0.2) is 0 Å². The van der Waals surface area contributed by atoms with Crippen molar-refractivity contribution in [2.24, 2.45) is 12.0 Å². The molecule has 0 bridgehead atoms. The van der Waals surface area contributed by atoms with E-state index in [1.54, 1.807) is 6.26 Å². The van der Waals surface area contributed by atoms with Gasteiger partial charge in [-0.3, -0.25) is 9.67 Å². The zero-order valence-corrected chi connectivity index (χ0v) is 17.9. The highest BCUT2D eigenvalue weighted by molar-refractivity contribution is 5.80. The topological polar surface area (TPSA) is 76.6 Å². The molecule has 2 heterocycles. The second kappa shape index (κ2) is 11.5. The summed E-state index contributed by atoms with van der Waals surface area (Å²) in [5.74, 6) is 1.80. The molecule has 0 saturated heterocycles. The lowest BCUT2D eigenvalue weighted by molar-refractivity contribution is 0.146. The highest BCUT2D eigenvalue weighted by atomic mass is 16.5. The molecule has 2 aromatic rings. The third-order valence-electron chi connectivity index (χ3n) is 4.72. The van der Waals surface area contributed by atoms with Crippen LogP contribution in [0.5, 0.6) is 0 Å². The first-order valence-corrected chi connectivity index (χ1v) is 10.1. The van der Waals surface area contributed by atoms with Crippen LogP contribution < -0.4 is 10.6 Å². The summed E-state index contributed by atoms with van der Waals surface area (Å²) in [6.07, 6.45) is 4.34. The smallest absolute Gasteiger partial charge is 0.191 e. The molecule has 0 amide bonds. The van der Waals surface area contributed by atoms with Crippen molar-refractivity contribution in [1.29, 1.82) is 0 Å². The quantitative estimate of drug-likeness (QED) is 0.351. The molecular formula is C21H35N5O2. The third kappa shape index (κ3) is 7.03. The van der Waals surface area contributed by atoms with Gasteiger partial charge in [0.25, 0.3) is 0 Å². The highest BCUT2D eigenvalue weighted by Gasteiger charge is 2.14. The van der Waals surface area contributed by atoms with E-state index < -0.39 is 0 Å². The average Bonchev–Trinajstić information content (AvgIpc) is 3.25. The monoisotopic (exact) mass is 389 g/mol. The fourth-order valence-corrected chi connectivity index (χ4v) is 3.12. The molecule has 0 radical (unpaired) electrons. The number of guanidine groups is 1. The largest absolute Gasteiger partial charge is 0.469 e. The number of hydrogen-bond donors (Lipinski definition) is 2. The first-order valence-electron chi connectivity index (χ1n) is 10.1. The molecule has 1 atom stereocenters. The standard InChI is InChI=1S/C21H35N5O2/c1-6-27-13-8-11-22-21(23-12-10-19-9-7-14-28-19)24-16(2)15-20-17(3)25-26(5)18(20)4/h7,9,14,16H,6,8,10-13,15H2,1-5H3,(H2,22,23,24). The summed E-state index contributed by atoms with van der Waals surface area (Å²) < 4.78 is 12.8. The van der Waals surface area contributed by atoms with Gasteiger partial charge >= 0.3 is 0 Å². The van der Waals surface area contributed by atoms with Gasteiger partial charge in [0.05, 0.1) is 12.0 Å². The summed E-state index contributed by atoms with van der Waals surface area (Å²) in [4.78, 5) is 4.71. The second-order valence-electron chi connectivity index (χ2n) is 7.06. The first-order chi connectivity index (χ1) is 13.5. The minimum absolute atomic E-state index is 0.239. The lowest BCUT2D eigenvalue weighted by Gasteiger charge is -2.18. The number of hydrogen-bond acceptors (Lipinski definition) is 4. The maximum atomic E-state index is 5.40. The number of aryl methyl sites for hydroxylation is 2. The van der Waals surface area contributed by atoms with E-state index in [1.807, 2.05) is 30.8 Å². The molecule has 7 heteroatoms. The molecule has 0 saturated carbocycles. The molecule has 0 aliphatic carbocycles. The highest BCUT2D eigenvalue weighted by Crippen LogP contribution is 2.14. The Hall–Kier alpha value is -2.28. The fourth-order valence-electron chi connectivity index (χ4n) is 3.12. The van der Waals surface area contributed by atoms with E-state index >= 15 is 0 Å². The number of ether oxygens (including phenoxy) is 1. The fraction of sp³-hybridized carbons (Fsp3) is 0.619. The Balaban J connectivity index is 1.91. The summed E-state index contributed by atoms with van der Waals surface area (Å²) in [5, 5.41) is 11.5. The van der Waals surface area contributed by atoms with Crippen molar-refractivity contribution in [3.63, 3.8) is 0 Å². The number of furan rings is 1. The molecule has 7 nitrogen and oxygen atoms in total. The summed E-state index contributed by atoms with van der Waals surface area (Å²) in [6, 6.07) is 4.14. The molecule has 2 rings (SSSR count). The summed E-state index contributed by atoms with van der Waals surface area (Å²) in [5.41, 5.74) is 3.61. The van der Waals surface area contributed by atoms with E-state index in [1.165, 1.54) is 11.3 Å². The van der Waals surface area contributed by atoms with Gasteiger partial charge in [0, 0.05) is 51.5 Å². The van der Waals surface area contributed by atoms with Gasteiger partial charge < -0.3 is 19.8 Å². The lowest BCUT2D eigenvalue weighted by atomic mass is 10.1. The van der Waals surface area contributed by atoms with Crippen molar-refractivity contribution in [1.82, 2.24) is 20.4 Å². The van der Waals surface area contributed by atoms with Crippen molar-refractivity contribution in [3.8, 4) is 0 Å². The van der Waals surface area contributed by atoms with Gasteiger partial charge in [0.15, 0.2) is 5.96 Å². The SMILES string of the molecule is CCOCCCN=C(NCCc1ccco1)NC(C)Cc1c(C)nn(C)c1C. The van der Waals surface area contributed by atoms with Crippen LogP contribution in [0, 0.1) is 13.8 Å².